The van der Waals surface area contributed by atoms with E-state index in [4.69, 9.17) is 9.47 Å². The molecule has 2 aromatic rings. The first-order valence-electron chi connectivity index (χ1n) is 7.66. The molecule has 8 heteroatoms. The van der Waals surface area contributed by atoms with Gasteiger partial charge in [-0.2, -0.15) is 13.2 Å². The summed E-state index contributed by atoms with van der Waals surface area (Å²) in [5.74, 6) is -0.609. The minimum Gasteiger partial charge on any atom is -0.482 e. The van der Waals surface area contributed by atoms with Crippen LogP contribution in [0, 0.1) is 0 Å². The van der Waals surface area contributed by atoms with E-state index in [1.54, 1.807) is 6.92 Å². The van der Waals surface area contributed by atoms with Crippen LogP contribution in [0.2, 0.25) is 0 Å². The number of anilines is 1. The molecule has 138 valence electrons. The summed E-state index contributed by atoms with van der Waals surface area (Å²) in [5.41, 5.74) is -0.266. The van der Waals surface area contributed by atoms with Crippen LogP contribution >= 0.6 is 0 Å². The lowest BCUT2D eigenvalue weighted by molar-refractivity contribution is -0.145. The Morgan fingerprint density at radius 3 is 2.15 bits per heavy atom. The molecule has 0 saturated carbocycles. The van der Waals surface area contributed by atoms with Gasteiger partial charge >= 0.3 is 12.1 Å². The summed E-state index contributed by atoms with van der Waals surface area (Å²) in [6, 6.07) is 10.1. The van der Waals surface area contributed by atoms with Gasteiger partial charge in [-0.1, -0.05) is 0 Å². The highest BCUT2D eigenvalue weighted by atomic mass is 19.4. The van der Waals surface area contributed by atoms with Crippen molar-refractivity contribution in [1.82, 2.24) is 0 Å². The van der Waals surface area contributed by atoms with Crippen molar-refractivity contribution in [2.45, 2.75) is 13.1 Å². The molecule has 0 unspecified atom stereocenters. The molecule has 26 heavy (non-hydrogen) atoms. The third-order valence-corrected chi connectivity index (χ3v) is 3.25. The number of rotatable bonds is 6. The maximum absolute atomic E-state index is 12.5. The molecular weight excluding hydrogens is 351 g/mol. The number of carbonyl (C=O) groups excluding carboxylic acids is 2. The van der Waals surface area contributed by atoms with E-state index in [1.807, 2.05) is 0 Å². The Morgan fingerprint density at radius 1 is 1.00 bits per heavy atom. The Kier molecular flexibility index (Phi) is 6.21. The molecule has 0 aliphatic rings. The van der Waals surface area contributed by atoms with Gasteiger partial charge < -0.3 is 14.8 Å². The van der Waals surface area contributed by atoms with Crippen molar-refractivity contribution in [1.29, 1.82) is 0 Å². The Balaban J connectivity index is 1.94. The third kappa shape index (κ3) is 5.51. The van der Waals surface area contributed by atoms with Crippen molar-refractivity contribution in [3.63, 3.8) is 0 Å². The fraction of sp³-hybridized carbons (Fsp3) is 0.222. The van der Waals surface area contributed by atoms with Crippen molar-refractivity contribution in [3.8, 4) is 5.75 Å². The predicted molar refractivity (Wildman–Crippen MR) is 88.0 cm³/mol. The van der Waals surface area contributed by atoms with Crippen molar-refractivity contribution in [2.75, 3.05) is 18.5 Å². The third-order valence-electron chi connectivity index (χ3n) is 3.25. The second kappa shape index (κ2) is 8.37. The zero-order chi connectivity index (χ0) is 19.2. The highest BCUT2D eigenvalue weighted by molar-refractivity contribution is 6.04. The molecule has 1 amide bonds. The number of nitrogens with one attached hydrogen (secondary N) is 1. The van der Waals surface area contributed by atoms with Gasteiger partial charge in [-0.25, -0.2) is 4.79 Å². The second-order valence-electron chi connectivity index (χ2n) is 5.15. The van der Waals surface area contributed by atoms with Crippen LogP contribution in [0.15, 0.2) is 48.5 Å². The van der Waals surface area contributed by atoms with E-state index < -0.39 is 23.6 Å². The molecule has 0 aromatic heterocycles. The number of alkyl halides is 3. The zero-order valence-electron chi connectivity index (χ0n) is 13.8. The van der Waals surface area contributed by atoms with Crippen molar-refractivity contribution in [2.24, 2.45) is 0 Å². The van der Waals surface area contributed by atoms with E-state index in [1.165, 1.54) is 36.4 Å². The fourth-order valence-electron chi connectivity index (χ4n) is 1.99. The molecular formula is C18H16F3NO4. The number of carbonyl (C=O) groups is 2. The zero-order valence-corrected chi connectivity index (χ0v) is 13.8. The number of ether oxygens (including phenoxy) is 2. The summed E-state index contributed by atoms with van der Waals surface area (Å²) in [6.07, 6.45) is -4.43. The molecule has 0 aliphatic heterocycles. The molecule has 0 atom stereocenters. The average Bonchev–Trinajstić information content (AvgIpc) is 2.60. The predicted octanol–water partition coefficient (Wildman–Crippen LogP) is 3.90. The second-order valence-corrected chi connectivity index (χ2v) is 5.15. The highest BCUT2D eigenvalue weighted by Gasteiger charge is 2.29. The van der Waals surface area contributed by atoms with Crippen LogP contribution in [0.4, 0.5) is 18.9 Å². The summed E-state index contributed by atoms with van der Waals surface area (Å²) in [5, 5.41) is 2.50. The molecule has 0 saturated heterocycles. The molecule has 0 fully saturated rings. The summed E-state index contributed by atoms with van der Waals surface area (Å²) >= 11 is 0. The first-order chi connectivity index (χ1) is 12.3. The number of esters is 1. The normalized spacial score (nSPS) is 10.9. The van der Waals surface area contributed by atoms with Gasteiger partial charge in [0, 0.05) is 11.3 Å². The topological polar surface area (TPSA) is 64.6 Å². The largest absolute Gasteiger partial charge is 0.482 e. The molecule has 0 spiro atoms. The molecule has 2 rings (SSSR count). The standard InChI is InChI=1S/C18H16F3NO4/c1-2-25-16(23)11-26-15-9-3-12(4-10-15)17(24)22-14-7-5-13(6-8-14)18(19,20)21/h3-10H,2,11H2,1H3,(H,22,24). The van der Waals surface area contributed by atoms with Gasteiger partial charge in [0.05, 0.1) is 12.2 Å². The van der Waals surface area contributed by atoms with Gasteiger partial charge in [-0.3, -0.25) is 4.79 Å². The summed E-state index contributed by atoms with van der Waals surface area (Å²) in [6.45, 7) is 1.69. The first kappa shape index (κ1) is 19.3. The van der Waals surface area contributed by atoms with E-state index in [0.717, 1.165) is 12.1 Å². The molecule has 0 radical (unpaired) electrons. The average molecular weight is 367 g/mol. The van der Waals surface area contributed by atoms with Crippen LogP contribution in [0.5, 0.6) is 5.75 Å². The van der Waals surface area contributed by atoms with Gasteiger partial charge in [0.25, 0.3) is 5.91 Å². The number of amides is 1. The number of halogens is 3. The SMILES string of the molecule is CCOC(=O)COc1ccc(C(=O)Nc2ccc(C(F)(F)F)cc2)cc1. The summed E-state index contributed by atoms with van der Waals surface area (Å²) < 4.78 is 47.5. The van der Waals surface area contributed by atoms with Crippen molar-refractivity contribution >= 4 is 17.6 Å². The molecule has 0 heterocycles. The minimum absolute atomic E-state index is 0.241. The smallest absolute Gasteiger partial charge is 0.416 e. The molecule has 1 N–H and O–H groups in total. The van der Waals surface area contributed by atoms with Crippen LogP contribution in [0.1, 0.15) is 22.8 Å². The van der Waals surface area contributed by atoms with Gasteiger partial charge in [0.15, 0.2) is 6.61 Å². The fourth-order valence-corrected chi connectivity index (χ4v) is 1.99. The Hall–Kier alpha value is -3.03. The van der Waals surface area contributed by atoms with E-state index in [2.05, 4.69) is 5.32 Å². The monoisotopic (exact) mass is 367 g/mol. The Labute approximate surface area is 147 Å². The number of hydrogen-bond acceptors (Lipinski definition) is 4. The van der Waals surface area contributed by atoms with E-state index in [0.29, 0.717) is 5.75 Å². The van der Waals surface area contributed by atoms with Gasteiger partial charge in [0.2, 0.25) is 0 Å². The first-order valence-corrected chi connectivity index (χ1v) is 7.66. The van der Waals surface area contributed by atoms with Gasteiger partial charge in [-0.05, 0) is 55.5 Å². The maximum Gasteiger partial charge on any atom is 0.416 e. The quantitative estimate of drug-likeness (QED) is 0.787. The van der Waals surface area contributed by atoms with Crippen LogP contribution in [-0.4, -0.2) is 25.1 Å². The molecule has 2 aromatic carbocycles. The highest BCUT2D eigenvalue weighted by Crippen LogP contribution is 2.29. The van der Waals surface area contributed by atoms with Crippen LogP contribution in [0.25, 0.3) is 0 Å². The van der Waals surface area contributed by atoms with Gasteiger partial charge in [-0.15, -0.1) is 0 Å². The Bertz CT molecular complexity index is 756. The maximum atomic E-state index is 12.5. The lowest BCUT2D eigenvalue weighted by Crippen LogP contribution is -2.15. The van der Waals surface area contributed by atoms with Crippen LogP contribution in [0.3, 0.4) is 0 Å². The van der Waals surface area contributed by atoms with Crippen molar-refractivity contribution < 1.29 is 32.2 Å². The lowest BCUT2D eigenvalue weighted by Gasteiger charge is -2.09. The van der Waals surface area contributed by atoms with Crippen LogP contribution in [-0.2, 0) is 15.7 Å². The lowest BCUT2D eigenvalue weighted by atomic mass is 10.1. The van der Waals surface area contributed by atoms with E-state index >= 15 is 0 Å². The summed E-state index contributed by atoms with van der Waals surface area (Å²) in [7, 11) is 0. The van der Waals surface area contributed by atoms with Crippen molar-refractivity contribution in [3.05, 3.63) is 59.7 Å². The number of hydrogen-bond donors (Lipinski definition) is 1. The van der Waals surface area contributed by atoms with E-state index in [-0.39, 0.29) is 24.5 Å². The summed E-state index contributed by atoms with van der Waals surface area (Å²) in [4.78, 5) is 23.3. The van der Waals surface area contributed by atoms with E-state index in [9.17, 15) is 22.8 Å². The van der Waals surface area contributed by atoms with Crippen LogP contribution < -0.4 is 10.1 Å². The molecule has 0 aliphatic carbocycles. The minimum atomic E-state index is -4.43. The number of benzene rings is 2. The Morgan fingerprint density at radius 2 is 1.62 bits per heavy atom. The van der Waals surface area contributed by atoms with Gasteiger partial charge in [0.1, 0.15) is 5.75 Å². The molecule has 5 nitrogen and oxygen atoms in total. The molecule has 0 bridgehead atoms.